The first-order chi connectivity index (χ1) is 17.2. The molecule has 3 aromatic rings. The average molecular weight is 516 g/mol. The lowest BCUT2D eigenvalue weighted by atomic mass is 9.68. The van der Waals surface area contributed by atoms with E-state index in [1.807, 2.05) is 25.2 Å². The highest BCUT2D eigenvalue weighted by molar-refractivity contribution is 7.89. The highest BCUT2D eigenvalue weighted by Crippen LogP contribution is 2.50. The fourth-order valence-corrected chi connectivity index (χ4v) is 7.36. The largest absolute Gasteiger partial charge is 0.497 e. The Morgan fingerprint density at radius 1 is 1.17 bits per heavy atom. The van der Waals surface area contributed by atoms with Crippen molar-refractivity contribution < 1.29 is 22.7 Å². The van der Waals surface area contributed by atoms with Crippen molar-refractivity contribution in [3.8, 4) is 5.75 Å². The van der Waals surface area contributed by atoms with Crippen LogP contribution in [0.3, 0.4) is 0 Å². The maximum Gasteiger partial charge on any atom is 0.213 e. The number of nitrogens with zero attached hydrogens (tertiary/aromatic N) is 3. The zero-order valence-electron chi connectivity index (χ0n) is 21.1. The van der Waals surface area contributed by atoms with Gasteiger partial charge in [-0.3, -0.25) is 4.90 Å². The summed E-state index contributed by atoms with van der Waals surface area (Å²) in [6.45, 7) is 3.44. The first-order valence-corrected chi connectivity index (χ1v) is 14.1. The Hall–Kier alpha value is -2.46. The van der Waals surface area contributed by atoms with E-state index in [-0.39, 0.29) is 29.6 Å². The van der Waals surface area contributed by atoms with Gasteiger partial charge >= 0.3 is 0 Å². The fourth-order valence-electron chi connectivity index (χ4n) is 6.26. The third-order valence-corrected chi connectivity index (χ3v) is 10.1. The monoisotopic (exact) mass is 515 g/mol. The summed E-state index contributed by atoms with van der Waals surface area (Å²) < 4.78 is 49.1. The van der Waals surface area contributed by atoms with Crippen LogP contribution in [-0.2, 0) is 29.0 Å². The van der Waals surface area contributed by atoms with Crippen molar-refractivity contribution >= 4 is 20.9 Å². The average Bonchev–Trinajstić information content (AvgIpc) is 3.18. The Morgan fingerprint density at radius 2 is 1.89 bits per heavy atom. The van der Waals surface area contributed by atoms with E-state index < -0.39 is 10.0 Å². The molecule has 2 aliphatic rings. The first kappa shape index (κ1) is 25.2. The molecule has 9 heteroatoms. The molecular formula is C27H34FN3O4S. The van der Waals surface area contributed by atoms with Gasteiger partial charge in [0.2, 0.25) is 10.0 Å². The summed E-state index contributed by atoms with van der Waals surface area (Å²) in [6.07, 6.45) is 1.33. The SMILES string of the molecule is CCS(=O)(=O)N1CCC2(CC1)CN(Cc1ccccc1F)[C@H](CO)c1c2c2ccc(OC)cc2n1C. The molecule has 0 unspecified atom stereocenters. The van der Waals surface area contributed by atoms with Gasteiger partial charge in [0, 0.05) is 61.4 Å². The van der Waals surface area contributed by atoms with Gasteiger partial charge in [0.1, 0.15) is 11.6 Å². The van der Waals surface area contributed by atoms with Crippen molar-refractivity contribution in [1.82, 2.24) is 13.8 Å². The van der Waals surface area contributed by atoms with Crippen LogP contribution in [0, 0.1) is 5.82 Å². The lowest BCUT2D eigenvalue weighted by Crippen LogP contribution is -2.54. The molecule has 3 heterocycles. The second-order valence-electron chi connectivity index (χ2n) is 9.98. The van der Waals surface area contributed by atoms with Crippen molar-refractivity contribution in [1.29, 1.82) is 0 Å². The number of sulfonamides is 1. The van der Waals surface area contributed by atoms with Crippen LogP contribution >= 0.6 is 0 Å². The molecule has 36 heavy (non-hydrogen) atoms. The topological polar surface area (TPSA) is 75.0 Å². The van der Waals surface area contributed by atoms with E-state index in [1.165, 1.54) is 11.6 Å². The number of piperidine rings is 1. The lowest BCUT2D eigenvalue weighted by molar-refractivity contribution is 0.0508. The Morgan fingerprint density at radius 3 is 2.53 bits per heavy atom. The van der Waals surface area contributed by atoms with Gasteiger partial charge < -0.3 is 14.4 Å². The minimum atomic E-state index is -3.27. The number of rotatable bonds is 6. The van der Waals surface area contributed by atoms with E-state index >= 15 is 0 Å². The summed E-state index contributed by atoms with van der Waals surface area (Å²) in [7, 11) is 0.366. The summed E-state index contributed by atoms with van der Waals surface area (Å²) in [5, 5.41) is 11.7. The number of hydrogen-bond donors (Lipinski definition) is 1. The summed E-state index contributed by atoms with van der Waals surface area (Å²) in [6, 6.07) is 12.5. The van der Waals surface area contributed by atoms with Gasteiger partial charge in [-0.2, -0.15) is 0 Å². The Bertz CT molecular complexity index is 1380. The highest BCUT2D eigenvalue weighted by atomic mass is 32.2. The molecule has 1 atom stereocenters. The minimum absolute atomic E-state index is 0.0886. The first-order valence-electron chi connectivity index (χ1n) is 12.5. The van der Waals surface area contributed by atoms with Gasteiger partial charge in [-0.25, -0.2) is 17.1 Å². The summed E-state index contributed by atoms with van der Waals surface area (Å²) in [5.74, 6) is 0.576. The van der Waals surface area contributed by atoms with Gasteiger partial charge in [0.25, 0.3) is 0 Å². The second-order valence-corrected chi connectivity index (χ2v) is 12.2. The third-order valence-electron chi connectivity index (χ3n) is 8.19. The molecular weight excluding hydrogens is 481 g/mol. The number of hydrogen-bond acceptors (Lipinski definition) is 5. The molecule has 0 saturated carbocycles. The molecule has 1 N–H and O–H groups in total. The summed E-state index contributed by atoms with van der Waals surface area (Å²) in [5.41, 5.74) is 3.46. The number of aliphatic hydroxyl groups is 1. The van der Waals surface area contributed by atoms with Crippen LogP contribution in [-0.4, -0.2) is 66.4 Å². The van der Waals surface area contributed by atoms with E-state index in [4.69, 9.17) is 4.74 Å². The smallest absolute Gasteiger partial charge is 0.213 e. The summed E-state index contributed by atoms with van der Waals surface area (Å²) in [4.78, 5) is 2.17. The van der Waals surface area contributed by atoms with Gasteiger partial charge in [0.15, 0.2) is 0 Å². The molecule has 0 bridgehead atoms. The van der Waals surface area contributed by atoms with Crippen molar-refractivity contribution in [3.63, 3.8) is 0 Å². The molecule has 1 aromatic heterocycles. The van der Waals surface area contributed by atoms with Crippen LogP contribution in [0.1, 0.15) is 42.6 Å². The number of aryl methyl sites for hydroxylation is 1. The van der Waals surface area contributed by atoms with Crippen LogP contribution in [0.25, 0.3) is 10.9 Å². The van der Waals surface area contributed by atoms with Crippen molar-refractivity contribution in [3.05, 3.63) is 65.1 Å². The van der Waals surface area contributed by atoms with Crippen molar-refractivity contribution in [2.45, 2.75) is 37.8 Å². The normalized spacial score (nSPS) is 20.6. The second kappa shape index (κ2) is 9.45. The number of aromatic nitrogens is 1. The highest BCUT2D eigenvalue weighted by Gasteiger charge is 2.49. The molecule has 5 rings (SSSR count). The molecule has 0 radical (unpaired) electrons. The lowest BCUT2D eigenvalue weighted by Gasteiger charge is -2.50. The predicted molar refractivity (Wildman–Crippen MR) is 138 cm³/mol. The van der Waals surface area contributed by atoms with Crippen molar-refractivity contribution in [2.75, 3.05) is 39.1 Å². The molecule has 7 nitrogen and oxygen atoms in total. The maximum absolute atomic E-state index is 14.7. The van der Waals surface area contributed by atoms with Crippen LogP contribution in [0.5, 0.6) is 5.75 Å². The molecule has 2 aliphatic heterocycles. The standard InChI is InChI=1S/C27H34FN3O4S/c1-4-36(33,34)31-13-11-27(12-14-31)18-30(16-19-7-5-6-8-22(19)28)24(17-32)26-25(27)21-10-9-20(35-3)15-23(21)29(26)2/h5-10,15,24,32H,4,11-14,16-18H2,1-3H3/t24-/m1/s1. The molecule has 2 aromatic carbocycles. The molecule has 1 fully saturated rings. The maximum atomic E-state index is 14.7. The number of ether oxygens (including phenoxy) is 1. The Labute approximate surface area is 212 Å². The van der Waals surface area contributed by atoms with Crippen LogP contribution in [0.4, 0.5) is 4.39 Å². The van der Waals surface area contributed by atoms with E-state index in [9.17, 15) is 17.9 Å². The fraction of sp³-hybridized carbons (Fsp3) is 0.481. The zero-order valence-corrected chi connectivity index (χ0v) is 21.9. The number of methoxy groups -OCH3 is 1. The van der Waals surface area contributed by atoms with Crippen LogP contribution in [0.2, 0.25) is 0 Å². The molecule has 1 spiro atoms. The number of fused-ring (bicyclic) bond motifs is 4. The van der Waals surface area contributed by atoms with Crippen molar-refractivity contribution in [2.24, 2.45) is 7.05 Å². The van der Waals surface area contributed by atoms with Crippen LogP contribution < -0.4 is 4.74 Å². The summed E-state index contributed by atoms with van der Waals surface area (Å²) >= 11 is 0. The minimum Gasteiger partial charge on any atom is -0.497 e. The zero-order chi connectivity index (χ0) is 25.7. The molecule has 1 saturated heterocycles. The van der Waals surface area contributed by atoms with Gasteiger partial charge in [-0.15, -0.1) is 0 Å². The van der Waals surface area contributed by atoms with Crippen LogP contribution in [0.15, 0.2) is 42.5 Å². The quantitative estimate of drug-likeness (QED) is 0.544. The Kier molecular flexibility index (Phi) is 6.61. The van der Waals surface area contributed by atoms with E-state index in [0.29, 0.717) is 44.6 Å². The van der Waals surface area contributed by atoms with E-state index in [0.717, 1.165) is 22.3 Å². The number of aliphatic hydroxyl groups excluding tert-OH is 1. The third kappa shape index (κ3) is 4.02. The predicted octanol–water partition coefficient (Wildman–Crippen LogP) is 3.56. The number of halogens is 1. The molecule has 0 aliphatic carbocycles. The Balaban J connectivity index is 1.65. The number of benzene rings is 2. The molecule has 0 amide bonds. The van der Waals surface area contributed by atoms with Gasteiger partial charge in [-0.05, 0) is 43.5 Å². The molecule has 194 valence electrons. The van der Waals surface area contributed by atoms with Gasteiger partial charge in [-0.1, -0.05) is 18.2 Å². The van der Waals surface area contributed by atoms with E-state index in [2.05, 4.69) is 15.5 Å². The van der Waals surface area contributed by atoms with E-state index in [1.54, 1.807) is 30.5 Å². The van der Waals surface area contributed by atoms with Gasteiger partial charge in [0.05, 0.1) is 31.0 Å².